The van der Waals surface area contributed by atoms with Gasteiger partial charge in [-0.25, -0.2) is 4.98 Å². The van der Waals surface area contributed by atoms with Gasteiger partial charge in [-0.1, -0.05) is 49.3 Å². The van der Waals surface area contributed by atoms with E-state index in [4.69, 9.17) is 11.6 Å². The summed E-state index contributed by atoms with van der Waals surface area (Å²) in [6.45, 7) is 6.38. The van der Waals surface area contributed by atoms with Gasteiger partial charge in [0.1, 0.15) is 0 Å². The van der Waals surface area contributed by atoms with Gasteiger partial charge in [-0.05, 0) is 43.2 Å². The molecule has 2 heterocycles. The highest BCUT2D eigenvalue weighted by molar-refractivity contribution is 7.99. The second-order valence-corrected chi connectivity index (χ2v) is 9.92. The van der Waals surface area contributed by atoms with Crippen LogP contribution in [0, 0.1) is 5.92 Å². The lowest BCUT2D eigenvalue weighted by atomic mass is 10.2. The first kappa shape index (κ1) is 23.3. The molecule has 0 fully saturated rings. The third-order valence-corrected chi connectivity index (χ3v) is 6.58. The molecule has 1 aliphatic heterocycles. The number of para-hydroxylation sites is 2. The number of aromatic nitrogens is 2. The SMILES string of the molecule is CC(C)Cn1c(SCC(=O)N2c3ccccc3NC(=O)C[C@H]2C)nc2ccc(Cl)cc2c1=O. The topological polar surface area (TPSA) is 84.3 Å². The van der Waals surface area contributed by atoms with Gasteiger partial charge in [-0.2, -0.15) is 0 Å². The zero-order chi connectivity index (χ0) is 23.7. The van der Waals surface area contributed by atoms with Gasteiger partial charge in [0.05, 0.1) is 28.0 Å². The van der Waals surface area contributed by atoms with Crippen molar-refractivity contribution < 1.29 is 9.59 Å². The molecule has 1 aromatic heterocycles. The molecule has 7 nitrogen and oxygen atoms in total. The number of nitrogens with zero attached hydrogens (tertiary/aromatic N) is 3. The molecule has 172 valence electrons. The highest BCUT2D eigenvalue weighted by atomic mass is 35.5. The van der Waals surface area contributed by atoms with Gasteiger partial charge in [-0.15, -0.1) is 0 Å². The molecule has 0 saturated carbocycles. The van der Waals surface area contributed by atoms with Crippen molar-refractivity contribution >= 4 is 57.5 Å². The quantitative estimate of drug-likeness (QED) is 0.424. The molecule has 9 heteroatoms. The number of nitrogens with one attached hydrogen (secondary N) is 1. The van der Waals surface area contributed by atoms with Gasteiger partial charge in [0.25, 0.3) is 5.56 Å². The van der Waals surface area contributed by atoms with Crippen LogP contribution in [-0.4, -0.2) is 33.2 Å². The molecule has 1 atom stereocenters. The lowest BCUT2D eigenvalue weighted by Gasteiger charge is -2.27. The summed E-state index contributed by atoms with van der Waals surface area (Å²) in [5.74, 6) is 0.0126. The maximum absolute atomic E-state index is 13.4. The molecule has 4 rings (SSSR count). The number of anilines is 2. The number of halogens is 1. The van der Waals surface area contributed by atoms with Crippen LogP contribution in [0.3, 0.4) is 0 Å². The van der Waals surface area contributed by atoms with Gasteiger partial charge >= 0.3 is 0 Å². The first-order chi connectivity index (χ1) is 15.7. The molecule has 2 aromatic carbocycles. The molecule has 0 unspecified atom stereocenters. The van der Waals surface area contributed by atoms with Crippen LogP contribution >= 0.6 is 23.4 Å². The number of thioether (sulfide) groups is 1. The van der Waals surface area contributed by atoms with Crippen LogP contribution in [0.25, 0.3) is 10.9 Å². The average Bonchev–Trinajstić information content (AvgIpc) is 2.88. The summed E-state index contributed by atoms with van der Waals surface area (Å²) < 4.78 is 1.62. The summed E-state index contributed by atoms with van der Waals surface area (Å²) in [7, 11) is 0. The second-order valence-electron chi connectivity index (χ2n) is 8.54. The van der Waals surface area contributed by atoms with Gasteiger partial charge in [0.2, 0.25) is 11.8 Å². The molecule has 0 aliphatic carbocycles. The Bertz CT molecular complexity index is 1290. The van der Waals surface area contributed by atoms with E-state index in [9.17, 15) is 14.4 Å². The largest absolute Gasteiger partial charge is 0.324 e. The zero-order valence-corrected chi connectivity index (χ0v) is 20.2. The average molecular weight is 485 g/mol. The molecule has 1 aliphatic rings. The minimum absolute atomic E-state index is 0.0799. The van der Waals surface area contributed by atoms with E-state index < -0.39 is 0 Å². The summed E-state index contributed by atoms with van der Waals surface area (Å²) in [6, 6.07) is 12.0. The predicted octanol–water partition coefficient (Wildman–Crippen LogP) is 4.56. The molecular weight excluding hydrogens is 460 g/mol. The van der Waals surface area contributed by atoms with Crippen LogP contribution < -0.4 is 15.8 Å². The second kappa shape index (κ2) is 9.57. The summed E-state index contributed by atoms with van der Waals surface area (Å²) >= 11 is 7.33. The van der Waals surface area contributed by atoms with Crippen LogP contribution in [0.5, 0.6) is 0 Å². The van der Waals surface area contributed by atoms with Gasteiger partial charge in [-0.3, -0.25) is 19.0 Å². The Morgan fingerprint density at radius 1 is 1.24 bits per heavy atom. The van der Waals surface area contributed by atoms with E-state index in [1.807, 2.05) is 39.0 Å². The Hall–Kier alpha value is -2.84. The number of rotatable bonds is 5. The first-order valence-electron chi connectivity index (χ1n) is 10.8. The Morgan fingerprint density at radius 3 is 2.76 bits per heavy atom. The fourth-order valence-corrected chi connectivity index (χ4v) is 5.01. The number of carbonyl (C=O) groups excluding carboxylic acids is 2. The number of hydrogen-bond acceptors (Lipinski definition) is 5. The van der Waals surface area contributed by atoms with Crippen LogP contribution in [-0.2, 0) is 16.1 Å². The normalized spacial score (nSPS) is 16.0. The molecule has 3 aromatic rings. The fraction of sp³-hybridized carbons (Fsp3) is 0.333. The lowest BCUT2D eigenvalue weighted by molar-refractivity contribution is -0.117. The number of fused-ring (bicyclic) bond motifs is 2. The molecule has 0 bridgehead atoms. The van der Waals surface area contributed by atoms with Crippen molar-refractivity contribution in [2.24, 2.45) is 5.92 Å². The number of hydrogen-bond donors (Lipinski definition) is 1. The maximum atomic E-state index is 13.4. The van der Waals surface area contributed by atoms with Crippen molar-refractivity contribution in [2.75, 3.05) is 16.0 Å². The zero-order valence-electron chi connectivity index (χ0n) is 18.7. The summed E-state index contributed by atoms with van der Waals surface area (Å²) in [6.07, 6.45) is 0.206. The van der Waals surface area contributed by atoms with Gasteiger partial charge in [0.15, 0.2) is 5.16 Å². The van der Waals surface area contributed by atoms with Crippen LogP contribution in [0.2, 0.25) is 5.02 Å². The summed E-state index contributed by atoms with van der Waals surface area (Å²) in [5.41, 5.74) is 1.65. The van der Waals surface area contributed by atoms with Crippen molar-refractivity contribution in [3.63, 3.8) is 0 Å². The third-order valence-electron chi connectivity index (χ3n) is 5.38. The Morgan fingerprint density at radius 2 is 2.00 bits per heavy atom. The minimum Gasteiger partial charge on any atom is -0.324 e. The summed E-state index contributed by atoms with van der Waals surface area (Å²) in [4.78, 5) is 45.1. The Kier molecular flexibility index (Phi) is 6.76. The van der Waals surface area contributed by atoms with Crippen molar-refractivity contribution in [1.82, 2.24) is 9.55 Å². The van der Waals surface area contributed by atoms with E-state index in [1.165, 1.54) is 11.8 Å². The van der Waals surface area contributed by atoms with Gasteiger partial charge in [0, 0.05) is 24.0 Å². The van der Waals surface area contributed by atoms with Crippen LogP contribution in [0.15, 0.2) is 52.4 Å². The van der Waals surface area contributed by atoms with Crippen molar-refractivity contribution in [3.05, 3.63) is 57.8 Å². The maximum Gasteiger partial charge on any atom is 0.262 e. The van der Waals surface area contributed by atoms with Crippen LogP contribution in [0.1, 0.15) is 27.2 Å². The fourth-order valence-electron chi connectivity index (χ4n) is 3.97. The standard InChI is InChI=1S/C24H25ClN4O3S/c1-14(2)12-28-23(32)17-11-16(25)8-9-18(17)27-24(28)33-13-22(31)29-15(3)10-21(30)26-19-6-4-5-7-20(19)29/h4-9,11,14-15H,10,12-13H2,1-3H3,(H,26,30)/t15-/m1/s1. The number of benzene rings is 2. The molecule has 0 saturated heterocycles. The van der Waals surface area contributed by atoms with E-state index in [1.54, 1.807) is 33.7 Å². The Labute approximate surface area is 201 Å². The van der Waals surface area contributed by atoms with Crippen molar-refractivity contribution in [2.45, 2.75) is 44.9 Å². The van der Waals surface area contributed by atoms with E-state index in [0.717, 1.165) is 0 Å². The molecule has 33 heavy (non-hydrogen) atoms. The highest BCUT2D eigenvalue weighted by Crippen LogP contribution is 2.32. The first-order valence-corrected chi connectivity index (χ1v) is 12.1. The molecule has 0 spiro atoms. The Balaban J connectivity index is 1.67. The van der Waals surface area contributed by atoms with E-state index in [-0.39, 0.29) is 41.5 Å². The molecule has 1 N–H and O–H groups in total. The minimum atomic E-state index is -0.300. The van der Waals surface area contributed by atoms with E-state index in [0.29, 0.717) is 39.0 Å². The predicted molar refractivity (Wildman–Crippen MR) is 133 cm³/mol. The third kappa shape index (κ3) is 4.91. The highest BCUT2D eigenvalue weighted by Gasteiger charge is 2.29. The number of carbonyl (C=O) groups is 2. The van der Waals surface area contributed by atoms with Crippen LogP contribution in [0.4, 0.5) is 11.4 Å². The molecular formula is C24H25ClN4O3S. The lowest BCUT2D eigenvalue weighted by Crippen LogP contribution is -2.40. The summed E-state index contributed by atoms with van der Waals surface area (Å²) in [5, 5.41) is 4.29. The van der Waals surface area contributed by atoms with Crippen molar-refractivity contribution in [1.29, 1.82) is 0 Å². The van der Waals surface area contributed by atoms with Crippen molar-refractivity contribution in [3.8, 4) is 0 Å². The smallest absolute Gasteiger partial charge is 0.262 e. The van der Waals surface area contributed by atoms with E-state index >= 15 is 0 Å². The molecule has 2 amide bonds. The van der Waals surface area contributed by atoms with E-state index in [2.05, 4.69) is 10.3 Å². The molecule has 0 radical (unpaired) electrons. The monoisotopic (exact) mass is 484 g/mol. The van der Waals surface area contributed by atoms with Gasteiger partial charge < -0.3 is 10.2 Å². The number of amides is 2.